The Hall–Kier alpha value is -0.810. The van der Waals surface area contributed by atoms with Crippen LogP contribution in [0.25, 0.3) is 0 Å². The summed E-state index contributed by atoms with van der Waals surface area (Å²) < 4.78 is 5.36. The molecule has 0 atom stereocenters. The third kappa shape index (κ3) is 4.66. The Morgan fingerprint density at radius 2 is 2.05 bits per heavy atom. The molecule has 0 amide bonds. The van der Waals surface area contributed by atoms with Crippen LogP contribution in [-0.4, -0.2) is 49.5 Å². The average molecular weight is 269 g/mol. The molecule has 110 valence electrons. The molecule has 0 aromatic heterocycles. The first-order valence-electron chi connectivity index (χ1n) is 7.54. The minimum atomic E-state index is -0.541. The van der Waals surface area contributed by atoms with Crippen molar-refractivity contribution in [2.24, 2.45) is 10.9 Å². The van der Waals surface area contributed by atoms with Crippen molar-refractivity contribution in [1.29, 1.82) is 0 Å². The molecule has 2 rings (SSSR count). The number of guanidine groups is 1. The molecule has 2 aliphatic rings. The zero-order valence-corrected chi connectivity index (χ0v) is 12.0. The van der Waals surface area contributed by atoms with E-state index in [1.54, 1.807) is 0 Å². The van der Waals surface area contributed by atoms with Crippen molar-refractivity contribution in [2.75, 3.05) is 32.8 Å². The fourth-order valence-electron chi connectivity index (χ4n) is 2.50. The lowest BCUT2D eigenvalue weighted by Crippen LogP contribution is -2.44. The highest BCUT2D eigenvalue weighted by Crippen LogP contribution is 2.31. The van der Waals surface area contributed by atoms with Gasteiger partial charge in [-0.25, -0.2) is 0 Å². The van der Waals surface area contributed by atoms with Gasteiger partial charge >= 0.3 is 0 Å². The summed E-state index contributed by atoms with van der Waals surface area (Å²) in [7, 11) is 0. The largest absolute Gasteiger partial charge is 0.388 e. The van der Waals surface area contributed by atoms with Gasteiger partial charge in [0, 0.05) is 26.3 Å². The van der Waals surface area contributed by atoms with Gasteiger partial charge in [0.1, 0.15) is 0 Å². The molecule has 1 aliphatic carbocycles. The van der Waals surface area contributed by atoms with E-state index < -0.39 is 5.60 Å². The standard InChI is InChI=1S/C14H27N3O2/c1-2-15-13(17-11-14(18)6-3-7-14)16-10-12-4-8-19-9-5-12/h12,18H,2-11H2,1H3,(H2,15,16,17). The maximum absolute atomic E-state index is 10.1. The predicted octanol–water partition coefficient (Wildman–Crippen LogP) is 0.883. The summed E-state index contributed by atoms with van der Waals surface area (Å²) in [4.78, 5) is 4.50. The number of rotatable bonds is 5. The van der Waals surface area contributed by atoms with Crippen LogP contribution in [0.4, 0.5) is 0 Å². The fourth-order valence-corrected chi connectivity index (χ4v) is 2.50. The van der Waals surface area contributed by atoms with Crippen LogP contribution in [0.5, 0.6) is 0 Å². The smallest absolute Gasteiger partial charge is 0.191 e. The fraction of sp³-hybridized carbons (Fsp3) is 0.929. The van der Waals surface area contributed by atoms with Gasteiger partial charge < -0.3 is 20.5 Å². The topological polar surface area (TPSA) is 65.9 Å². The third-order valence-corrected chi connectivity index (χ3v) is 4.06. The molecule has 0 unspecified atom stereocenters. The average Bonchev–Trinajstić information content (AvgIpc) is 2.41. The molecule has 1 saturated carbocycles. The molecule has 0 radical (unpaired) electrons. The molecule has 0 aromatic carbocycles. The van der Waals surface area contributed by atoms with Crippen molar-refractivity contribution in [2.45, 2.75) is 44.6 Å². The van der Waals surface area contributed by atoms with E-state index in [1.807, 2.05) is 0 Å². The van der Waals surface area contributed by atoms with Crippen LogP contribution in [0.1, 0.15) is 39.0 Å². The van der Waals surface area contributed by atoms with E-state index in [0.29, 0.717) is 12.5 Å². The van der Waals surface area contributed by atoms with Crippen LogP contribution in [0.3, 0.4) is 0 Å². The molecular weight excluding hydrogens is 242 g/mol. The van der Waals surface area contributed by atoms with Crippen LogP contribution in [0.15, 0.2) is 4.99 Å². The number of aliphatic hydroxyl groups is 1. The molecule has 1 aliphatic heterocycles. The highest BCUT2D eigenvalue weighted by Gasteiger charge is 2.34. The van der Waals surface area contributed by atoms with E-state index in [9.17, 15) is 5.11 Å². The monoisotopic (exact) mass is 269 g/mol. The molecule has 0 spiro atoms. The van der Waals surface area contributed by atoms with Gasteiger partial charge in [-0.05, 0) is 44.9 Å². The Morgan fingerprint density at radius 3 is 2.63 bits per heavy atom. The van der Waals surface area contributed by atoms with Gasteiger partial charge in [-0.1, -0.05) is 0 Å². The van der Waals surface area contributed by atoms with E-state index in [4.69, 9.17) is 4.74 Å². The van der Waals surface area contributed by atoms with Crippen LogP contribution in [-0.2, 0) is 4.74 Å². The van der Waals surface area contributed by atoms with Crippen LogP contribution in [0.2, 0.25) is 0 Å². The summed E-state index contributed by atoms with van der Waals surface area (Å²) in [5.74, 6) is 1.50. The Balaban J connectivity index is 1.75. The number of hydrogen-bond acceptors (Lipinski definition) is 3. The van der Waals surface area contributed by atoms with Gasteiger partial charge in [0.2, 0.25) is 0 Å². The van der Waals surface area contributed by atoms with Gasteiger partial charge in [-0.15, -0.1) is 0 Å². The van der Waals surface area contributed by atoms with Crippen molar-refractivity contribution in [3.8, 4) is 0 Å². The minimum absolute atomic E-state index is 0.510. The van der Waals surface area contributed by atoms with E-state index >= 15 is 0 Å². The van der Waals surface area contributed by atoms with Crippen molar-refractivity contribution in [3.05, 3.63) is 0 Å². The first-order valence-corrected chi connectivity index (χ1v) is 7.54. The molecule has 5 heteroatoms. The Labute approximate surface area is 115 Å². The highest BCUT2D eigenvalue weighted by atomic mass is 16.5. The molecule has 2 fully saturated rings. The summed E-state index contributed by atoms with van der Waals surface area (Å²) in [5, 5.41) is 16.7. The lowest BCUT2D eigenvalue weighted by molar-refractivity contribution is -0.0236. The first kappa shape index (κ1) is 14.6. The summed E-state index contributed by atoms with van der Waals surface area (Å²) in [6.45, 7) is 6.10. The number of hydrogen-bond donors (Lipinski definition) is 3. The molecule has 19 heavy (non-hydrogen) atoms. The lowest BCUT2D eigenvalue weighted by Gasteiger charge is -2.35. The van der Waals surface area contributed by atoms with Gasteiger partial charge in [0.15, 0.2) is 5.96 Å². The predicted molar refractivity (Wildman–Crippen MR) is 76.3 cm³/mol. The normalized spacial score (nSPS) is 23.8. The second-order valence-corrected chi connectivity index (χ2v) is 5.71. The summed E-state index contributed by atoms with van der Waals surface area (Å²) in [6.07, 6.45) is 5.14. The van der Waals surface area contributed by atoms with Crippen LogP contribution < -0.4 is 10.6 Å². The third-order valence-electron chi connectivity index (χ3n) is 4.06. The van der Waals surface area contributed by atoms with Gasteiger partial charge in [0.25, 0.3) is 0 Å². The maximum Gasteiger partial charge on any atom is 0.191 e. The zero-order chi connectivity index (χ0) is 13.6. The van der Waals surface area contributed by atoms with Gasteiger partial charge in [-0.3, -0.25) is 4.99 Å². The second kappa shape index (κ2) is 7.10. The van der Waals surface area contributed by atoms with Crippen molar-refractivity contribution >= 4 is 5.96 Å². The summed E-state index contributed by atoms with van der Waals surface area (Å²) >= 11 is 0. The van der Waals surface area contributed by atoms with E-state index in [-0.39, 0.29) is 0 Å². The number of nitrogens with zero attached hydrogens (tertiary/aromatic N) is 1. The van der Waals surface area contributed by atoms with Gasteiger partial charge in [-0.2, -0.15) is 0 Å². The highest BCUT2D eigenvalue weighted by molar-refractivity contribution is 5.79. The Bertz CT molecular complexity index is 297. The molecular formula is C14H27N3O2. The molecule has 0 bridgehead atoms. The number of nitrogens with one attached hydrogen (secondary N) is 2. The molecule has 3 N–H and O–H groups in total. The molecule has 1 heterocycles. The SMILES string of the molecule is CCNC(=NCC1(O)CCC1)NCC1CCOCC1. The quantitative estimate of drug-likeness (QED) is 0.512. The minimum Gasteiger partial charge on any atom is -0.388 e. The number of aliphatic imine (C=N–C) groups is 1. The van der Waals surface area contributed by atoms with E-state index in [0.717, 1.165) is 64.4 Å². The molecule has 0 aromatic rings. The number of ether oxygens (including phenoxy) is 1. The lowest BCUT2D eigenvalue weighted by atomic mass is 9.80. The van der Waals surface area contributed by atoms with E-state index in [1.165, 1.54) is 0 Å². The second-order valence-electron chi connectivity index (χ2n) is 5.71. The van der Waals surface area contributed by atoms with Crippen LogP contribution >= 0.6 is 0 Å². The first-order chi connectivity index (χ1) is 9.22. The Morgan fingerprint density at radius 1 is 1.32 bits per heavy atom. The van der Waals surface area contributed by atoms with Crippen molar-refractivity contribution in [1.82, 2.24) is 10.6 Å². The summed E-state index contributed by atoms with van der Waals surface area (Å²) in [5.41, 5.74) is -0.541. The van der Waals surface area contributed by atoms with Crippen LogP contribution in [0, 0.1) is 5.92 Å². The van der Waals surface area contributed by atoms with E-state index in [2.05, 4.69) is 22.5 Å². The van der Waals surface area contributed by atoms with Gasteiger partial charge in [0.05, 0.1) is 12.1 Å². The molecule has 5 nitrogen and oxygen atoms in total. The van der Waals surface area contributed by atoms with Crippen molar-refractivity contribution < 1.29 is 9.84 Å². The van der Waals surface area contributed by atoms with Crippen molar-refractivity contribution in [3.63, 3.8) is 0 Å². The summed E-state index contributed by atoms with van der Waals surface area (Å²) in [6, 6.07) is 0. The molecule has 1 saturated heterocycles. The maximum atomic E-state index is 10.1. The Kier molecular flexibility index (Phi) is 5.45. The zero-order valence-electron chi connectivity index (χ0n) is 12.0.